The number of ether oxygens (including phenoxy) is 1. The maximum atomic E-state index is 10.8. The van der Waals surface area contributed by atoms with Crippen LogP contribution in [0.15, 0.2) is 0 Å². The molecule has 0 radical (unpaired) electrons. The average molecular weight is 214 g/mol. The van der Waals surface area contributed by atoms with Crippen molar-refractivity contribution in [1.82, 2.24) is 0 Å². The largest absolute Gasteiger partial charge is 0.469 e. The lowest BCUT2D eigenvalue weighted by Crippen LogP contribution is -1.99. The minimum atomic E-state index is -0.121. The second-order valence-electron chi connectivity index (χ2n) is 4.00. The second kappa shape index (κ2) is 9.69. The van der Waals surface area contributed by atoms with E-state index in [-0.39, 0.29) is 11.9 Å². The Balaban J connectivity index is 3.11. The van der Waals surface area contributed by atoms with Gasteiger partial charge in [0.1, 0.15) is 6.29 Å². The van der Waals surface area contributed by atoms with Crippen molar-refractivity contribution in [3.05, 3.63) is 0 Å². The third-order valence-electron chi connectivity index (χ3n) is 2.50. The highest BCUT2D eigenvalue weighted by Gasteiger charge is 2.00. The molecule has 88 valence electrons. The van der Waals surface area contributed by atoms with Gasteiger partial charge in [0.05, 0.1) is 7.11 Å². The monoisotopic (exact) mass is 214 g/mol. The summed E-state index contributed by atoms with van der Waals surface area (Å²) >= 11 is 0. The molecule has 1 atom stereocenters. The molecule has 0 aliphatic rings. The van der Waals surface area contributed by atoms with E-state index >= 15 is 0 Å². The minimum Gasteiger partial charge on any atom is -0.469 e. The number of esters is 1. The van der Waals surface area contributed by atoms with E-state index in [2.05, 4.69) is 4.74 Å². The van der Waals surface area contributed by atoms with Gasteiger partial charge in [0, 0.05) is 12.3 Å². The quantitative estimate of drug-likeness (QED) is 0.337. The normalized spacial score (nSPS) is 12.1. The third-order valence-corrected chi connectivity index (χ3v) is 2.50. The molecule has 3 heteroatoms. The van der Waals surface area contributed by atoms with Gasteiger partial charge in [0.2, 0.25) is 0 Å². The van der Waals surface area contributed by atoms with Crippen LogP contribution in [0.3, 0.4) is 0 Å². The van der Waals surface area contributed by atoms with Crippen LogP contribution in [0.5, 0.6) is 0 Å². The third kappa shape index (κ3) is 9.44. The Morgan fingerprint density at radius 2 is 1.80 bits per heavy atom. The molecule has 0 aliphatic heterocycles. The summed E-state index contributed by atoms with van der Waals surface area (Å²) in [5.74, 6) is 0.0737. The molecule has 0 rings (SSSR count). The summed E-state index contributed by atoms with van der Waals surface area (Å²) in [5.41, 5.74) is 0. The lowest BCUT2D eigenvalue weighted by Gasteiger charge is -2.03. The SMILES string of the molecule is COC(=O)CCCCCCCC(C)C=O. The summed E-state index contributed by atoms with van der Waals surface area (Å²) in [6, 6.07) is 0. The van der Waals surface area contributed by atoms with Gasteiger partial charge in [-0.3, -0.25) is 4.79 Å². The van der Waals surface area contributed by atoms with E-state index in [1.165, 1.54) is 7.11 Å². The van der Waals surface area contributed by atoms with Crippen LogP contribution in [-0.2, 0) is 14.3 Å². The fraction of sp³-hybridized carbons (Fsp3) is 0.833. The Kier molecular flexibility index (Phi) is 9.13. The van der Waals surface area contributed by atoms with Gasteiger partial charge in [-0.25, -0.2) is 0 Å². The van der Waals surface area contributed by atoms with E-state index in [9.17, 15) is 9.59 Å². The first-order valence-corrected chi connectivity index (χ1v) is 5.72. The number of aldehydes is 1. The summed E-state index contributed by atoms with van der Waals surface area (Å²) in [7, 11) is 1.42. The smallest absolute Gasteiger partial charge is 0.305 e. The molecular formula is C12H22O3. The molecule has 1 unspecified atom stereocenters. The Morgan fingerprint density at radius 1 is 1.20 bits per heavy atom. The Bertz CT molecular complexity index is 178. The van der Waals surface area contributed by atoms with Crippen LogP contribution in [0, 0.1) is 5.92 Å². The van der Waals surface area contributed by atoms with E-state index < -0.39 is 0 Å². The fourth-order valence-electron chi connectivity index (χ4n) is 1.44. The molecule has 0 aromatic heterocycles. The summed E-state index contributed by atoms with van der Waals surface area (Å²) in [6.45, 7) is 1.95. The van der Waals surface area contributed by atoms with Crippen molar-refractivity contribution in [1.29, 1.82) is 0 Å². The standard InChI is InChI=1S/C12H22O3/c1-11(10-13)8-6-4-3-5-7-9-12(14)15-2/h10-11H,3-9H2,1-2H3. The first kappa shape index (κ1) is 14.1. The molecule has 0 fully saturated rings. The molecule has 0 saturated carbocycles. The maximum absolute atomic E-state index is 10.8. The van der Waals surface area contributed by atoms with Gasteiger partial charge in [0.25, 0.3) is 0 Å². The van der Waals surface area contributed by atoms with Gasteiger partial charge >= 0.3 is 5.97 Å². The fourth-order valence-corrected chi connectivity index (χ4v) is 1.44. The van der Waals surface area contributed by atoms with E-state index in [0.29, 0.717) is 6.42 Å². The molecule has 0 spiro atoms. The van der Waals surface area contributed by atoms with E-state index in [1.807, 2.05) is 6.92 Å². The molecule has 15 heavy (non-hydrogen) atoms. The van der Waals surface area contributed by atoms with Crippen LogP contribution < -0.4 is 0 Å². The topological polar surface area (TPSA) is 43.4 Å². The molecule has 0 aromatic rings. The van der Waals surface area contributed by atoms with Gasteiger partial charge in [0.15, 0.2) is 0 Å². The second-order valence-corrected chi connectivity index (χ2v) is 4.00. The van der Waals surface area contributed by atoms with Crippen molar-refractivity contribution in [2.75, 3.05) is 7.11 Å². The van der Waals surface area contributed by atoms with Crippen LogP contribution in [0.4, 0.5) is 0 Å². The maximum Gasteiger partial charge on any atom is 0.305 e. The highest BCUT2D eigenvalue weighted by molar-refractivity contribution is 5.68. The number of unbranched alkanes of at least 4 members (excludes halogenated alkanes) is 4. The number of hydrogen-bond acceptors (Lipinski definition) is 3. The highest BCUT2D eigenvalue weighted by Crippen LogP contribution is 2.10. The molecule has 0 N–H and O–H groups in total. The molecule has 0 aliphatic carbocycles. The van der Waals surface area contributed by atoms with E-state index in [0.717, 1.165) is 44.8 Å². The van der Waals surface area contributed by atoms with Crippen LogP contribution in [0.1, 0.15) is 51.9 Å². The van der Waals surface area contributed by atoms with Gasteiger partial charge in [-0.2, -0.15) is 0 Å². The van der Waals surface area contributed by atoms with Gasteiger partial charge < -0.3 is 9.53 Å². The Hall–Kier alpha value is -0.860. The zero-order valence-corrected chi connectivity index (χ0v) is 9.83. The zero-order chi connectivity index (χ0) is 11.5. The summed E-state index contributed by atoms with van der Waals surface area (Å²) in [6.07, 6.45) is 7.92. The number of carbonyl (C=O) groups is 2. The van der Waals surface area contributed by atoms with Gasteiger partial charge in [-0.05, 0) is 12.8 Å². The Labute approximate surface area is 92.2 Å². The van der Waals surface area contributed by atoms with Crippen molar-refractivity contribution in [3.63, 3.8) is 0 Å². The van der Waals surface area contributed by atoms with Crippen molar-refractivity contribution in [3.8, 4) is 0 Å². The van der Waals surface area contributed by atoms with Gasteiger partial charge in [-0.15, -0.1) is 0 Å². The lowest BCUT2D eigenvalue weighted by molar-refractivity contribution is -0.140. The molecule has 0 saturated heterocycles. The van der Waals surface area contributed by atoms with Crippen molar-refractivity contribution in [2.24, 2.45) is 5.92 Å². The molecular weight excluding hydrogens is 192 g/mol. The summed E-state index contributed by atoms with van der Waals surface area (Å²) in [4.78, 5) is 21.1. The number of rotatable bonds is 9. The Morgan fingerprint density at radius 3 is 2.40 bits per heavy atom. The zero-order valence-electron chi connectivity index (χ0n) is 9.83. The average Bonchev–Trinajstić information content (AvgIpc) is 2.26. The van der Waals surface area contributed by atoms with E-state index in [1.54, 1.807) is 0 Å². The lowest BCUT2D eigenvalue weighted by atomic mass is 10.0. The predicted molar refractivity (Wildman–Crippen MR) is 59.6 cm³/mol. The number of carbonyl (C=O) groups excluding carboxylic acids is 2. The van der Waals surface area contributed by atoms with Crippen LogP contribution in [-0.4, -0.2) is 19.4 Å². The van der Waals surface area contributed by atoms with Crippen molar-refractivity contribution < 1.29 is 14.3 Å². The first-order chi connectivity index (χ1) is 7.20. The highest BCUT2D eigenvalue weighted by atomic mass is 16.5. The minimum absolute atomic E-state index is 0.121. The molecule has 0 bridgehead atoms. The van der Waals surface area contributed by atoms with E-state index in [4.69, 9.17) is 0 Å². The number of methoxy groups -OCH3 is 1. The van der Waals surface area contributed by atoms with Crippen molar-refractivity contribution >= 4 is 12.3 Å². The molecule has 3 nitrogen and oxygen atoms in total. The van der Waals surface area contributed by atoms with Gasteiger partial charge in [-0.1, -0.05) is 32.6 Å². The summed E-state index contributed by atoms with van der Waals surface area (Å²) in [5, 5.41) is 0. The summed E-state index contributed by atoms with van der Waals surface area (Å²) < 4.78 is 4.55. The molecule has 0 heterocycles. The first-order valence-electron chi connectivity index (χ1n) is 5.72. The van der Waals surface area contributed by atoms with Crippen LogP contribution in [0.25, 0.3) is 0 Å². The van der Waals surface area contributed by atoms with Crippen LogP contribution in [0.2, 0.25) is 0 Å². The van der Waals surface area contributed by atoms with Crippen molar-refractivity contribution in [2.45, 2.75) is 51.9 Å². The van der Waals surface area contributed by atoms with Crippen LogP contribution >= 0.6 is 0 Å². The molecule has 0 amide bonds. The number of hydrogen-bond donors (Lipinski definition) is 0. The predicted octanol–water partition coefficient (Wildman–Crippen LogP) is 2.73. The molecule has 0 aromatic carbocycles.